The van der Waals surface area contributed by atoms with Crippen LogP contribution in [-0.2, 0) is 9.53 Å². The molecular weight excluding hydrogens is 342 g/mol. The average molecular weight is 364 g/mol. The van der Waals surface area contributed by atoms with Gasteiger partial charge in [-0.15, -0.1) is 11.3 Å². The maximum atomic E-state index is 12.2. The first-order valence-electron chi connectivity index (χ1n) is 7.80. The summed E-state index contributed by atoms with van der Waals surface area (Å²) >= 11 is 3.11. The van der Waals surface area contributed by atoms with E-state index >= 15 is 0 Å². The van der Waals surface area contributed by atoms with Crippen molar-refractivity contribution in [3.8, 4) is 10.4 Å². The molecule has 2 aromatic rings. The van der Waals surface area contributed by atoms with E-state index in [0.717, 1.165) is 22.6 Å². The van der Waals surface area contributed by atoms with Gasteiger partial charge in [0.25, 0.3) is 0 Å². The number of hydrogen-bond acceptors (Lipinski definition) is 5. The van der Waals surface area contributed by atoms with E-state index in [0.29, 0.717) is 23.6 Å². The van der Waals surface area contributed by atoms with Crippen molar-refractivity contribution < 1.29 is 14.3 Å². The van der Waals surface area contributed by atoms with E-state index < -0.39 is 5.97 Å². The number of hydrogen-bond donors (Lipinski definition) is 1. The minimum atomic E-state index is -0.407. The van der Waals surface area contributed by atoms with Gasteiger partial charge >= 0.3 is 5.97 Å². The Balaban J connectivity index is 2.22. The lowest BCUT2D eigenvalue weighted by Gasteiger charge is -2.05. The Bertz CT molecular complexity index is 683. The summed E-state index contributed by atoms with van der Waals surface area (Å²) in [6.45, 7) is 2.07. The van der Waals surface area contributed by atoms with E-state index in [-0.39, 0.29) is 5.91 Å². The molecule has 0 fully saturated rings. The quantitative estimate of drug-likeness (QED) is 0.547. The maximum Gasteiger partial charge on any atom is 0.341 e. The summed E-state index contributed by atoms with van der Waals surface area (Å²) in [4.78, 5) is 25.2. The topological polar surface area (TPSA) is 55.4 Å². The van der Waals surface area contributed by atoms with Gasteiger partial charge in [0.05, 0.1) is 12.2 Å². The number of rotatable bonds is 8. The highest BCUT2D eigenvalue weighted by Gasteiger charge is 2.19. The number of carbonyl (C=O) groups excluding carboxylic acids is 2. The predicted molar refractivity (Wildman–Crippen MR) is 102 cm³/mol. The van der Waals surface area contributed by atoms with Gasteiger partial charge in [0.1, 0.15) is 5.00 Å². The van der Waals surface area contributed by atoms with Crippen LogP contribution in [0.3, 0.4) is 0 Å². The number of benzene rings is 1. The zero-order valence-corrected chi connectivity index (χ0v) is 15.5. The molecule has 1 aromatic carbocycles. The SMILES string of the molecule is CCOC(=O)c1cc(-c2ccccc2)sc1NC(=O)CCCSC. The van der Waals surface area contributed by atoms with Crippen LogP contribution in [0.1, 0.15) is 30.1 Å². The lowest BCUT2D eigenvalue weighted by Crippen LogP contribution is -2.14. The van der Waals surface area contributed by atoms with Gasteiger partial charge in [-0.3, -0.25) is 4.79 Å². The van der Waals surface area contributed by atoms with Crippen molar-refractivity contribution in [2.24, 2.45) is 0 Å². The lowest BCUT2D eigenvalue weighted by molar-refractivity contribution is -0.116. The third-order valence-electron chi connectivity index (χ3n) is 3.29. The van der Waals surface area contributed by atoms with E-state index in [1.54, 1.807) is 24.8 Å². The van der Waals surface area contributed by atoms with Crippen LogP contribution in [0.15, 0.2) is 36.4 Å². The van der Waals surface area contributed by atoms with E-state index in [1.165, 1.54) is 11.3 Å². The van der Waals surface area contributed by atoms with Crippen LogP contribution in [0.5, 0.6) is 0 Å². The molecule has 1 N–H and O–H groups in total. The molecule has 4 nitrogen and oxygen atoms in total. The molecule has 128 valence electrons. The minimum absolute atomic E-state index is 0.0731. The molecule has 1 aromatic heterocycles. The van der Waals surface area contributed by atoms with Crippen LogP contribution in [0.25, 0.3) is 10.4 Å². The molecule has 6 heteroatoms. The van der Waals surface area contributed by atoms with Gasteiger partial charge in [0.2, 0.25) is 5.91 Å². The molecule has 0 saturated carbocycles. The number of ether oxygens (including phenoxy) is 1. The predicted octanol–water partition coefficient (Wildman–Crippen LogP) is 4.67. The van der Waals surface area contributed by atoms with E-state index in [9.17, 15) is 9.59 Å². The number of anilines is 1. The zero-order valence-electron chi connectivity index (χ0n) is 13.8. The van der Waals surface area contributed by atoms with Gasteiger partial charge in [-0.2, -0.15) is 11.8 Å². The Kier molecular flexibility index (Phi) is 7.34. The summed E-state index contributed by atoms with van der Waals surface area (Å²) in [6.07, 6.45) is 3.28. The molecule has 1 heterocycles. The first kappa shape index (κ1) is 18.5. The second-order valence-corrected chi connectivity index (χ2v) is 7.12. The Hall–Kier alpha value is -1.79. The highest BCUT2D eigenvalue weighted by molar-refractivity contribution is 7.98. The minimum Gasteiger partial charge on any atom is -0.462 e. The summed E-state index contributed by atoms with van der Waals surface area (Å²) in [5, 5.41) is 3.43. The highest BCUT2D eigenvalue weighted by atomic mass is 32.2. The Labute approximate surface area is 150 Å². The second kappa shape index (κ2) is 9.49. The van der Waals surface area contributed by atoms with Gasteiger partial charge in [0.15, 0.2) is 0 Å². The van der Waals surface area contributed by atoms with E-state index in [4.69, 9.17) is 4.74 Å². The highest BCUT2D eigenvalue weighted by Crippen LogP contribution is 2.36. The molecule has 1 amide bonds. The monoisotopic (exact) mass is 363 g/mol. The second-order valence-electron chi connectivity index (χ2n) is 5.08. The van der Waals surface area contributed by atoms with Crippen LogP contribution >= 0.6 is 23.1 Å². The van der Waals surface area contributed by atoms with E-state index in [2.05, 4.69) is 5.32 Å². The van der Waals surface area contributed by atoms with Crippen molar-refractivity contribution in [3.05, 3.63) is 42.0 Å². The number of thiophene rings is 1. The third-order valence-corrected chi connectivity index (χ3v) is 5.09. The lowest BCUT2D eigenvalue weighted by atomic mass is 10.1. The van der Waals surface area contributed by atoms with Crippen molar-refractivity contribution in [2.75, 3.05) is 23.9 Å². The summed E-state index contributed by atoms with van der Waals surface area (Å²) in [5.41, 5.74) is 1.43. The molecule has 0 aliphatic rings. The molecule has 0 saturated heterocycles. The largest absolute Gasteiger partial charge is 0.462 e. The van der Waals surface area contributed by atoms with Gasteiger partial charge in [-0.05, 0) is 37.0 Å². The Morgan fingerprint density at radius 1 is 1.25 bits per heavy atom. The first-order chi connectivity index (χ1) is 11.7. The normalized spacial score (nSPS) is 10.4. The number of esters is 1. The van der Waals surface area contributed by atoms with Gasteiger partial charge in [-0.25, -0.2) is 4.79 Å². The molecule has 0 radical (unpaired) electrons. The summed E-state index contributed by atoms with van der Waals surface area (Å²) in [7, 11) is 0. The van der Waals surface area contributed by atoms with E-state index in [1.807, 2.05) is 36.6 Å². The van der Waals surface area contributed by atoms with Crippen molar-refractivity contribution >= 4 is 40.0 Å². The fraction of sp³-hybridized carbons (Fsp3) is 0.333. The maximum absolute atomic E-state index is 12.2. The van der Waals surface area contributed by atoms with Crippen LogP contribution < -0.4 is 5.32 Å². The van der Waals surface area contributed by atoms with Crippen molar-refractivity contribution in [3.63, 3.8) is 0 Å². The van der Waals surface area contributed by atoms with Gasteiger partial charge in [-0.1, -0.05) is 30.3 Å². The summed E-state index contributed by atoms with van der Waals surface area (Å²) in [5.74, 6) is 0.462. The molecule has 0 spiro atoms. The van der Waals surface area contributed by atoms with Crippen LogP contribution in [0.4, 0.5) is 5.00 Å². The van der Waals surface area contributed by atoms with Crippen molar-refractivity contribution in [1.29, 1.82) is 0 Å². The third kappa shape index (κ3) is 5.11. The molecule has 24 heavy (non-hydrogen) atoms. The molecule has 0 bridgehead atoms. The number of thioether (sulfide) groups is 1. The number of amides is 1. The molecule has 0 unspecified atom stereocenters. The molecular formula is C18H21NO3S2. The summed E-state index contributed by atoms with van der Waals surface area (Å²) < 4.78 is 5.11. The first-order valence-corrected chi connectivity index (χ1v) is 10.0. The number of nitrogens with one attached hydrogen (secondary N) is 1. The molecule has 2 rings (SSSR count). The molecule has 0 aliphatic heterocycles. The Morgan fingerprint density at radius 2 is 2.00 bits per heavy atom. The molecule has 0 atom stereocenters. The smallest absolute Gasteiger partial charge is 0.341 e. The van der Waals surface area contributed by atoms with Gasteiger partial charge in [0, 0.05) is 11.3 Å². The van der Waals surface area contributed by atoms with Gasteiger partial charge < -0.3 is 10.1 Å². The number of carbonyl (C=O) groups is 2. The van der Waals surface area contributed by atoms with Crippen molar-refractivity contribution in [1.82, 2.24) is 0 Å². The van der Waals surface area contributed by atoms with Crippen LogP contribution in [0.2, 0.25) is 0 Å². The van der Waals surface area contributed by atoms with Crippen molar-refractivity contribution in [2.45, 2.75) is 19.8 Å². The average Bonchev–Trinajstić information content (AvgIpc) is 3.00. The standard InChI is InChI=1S/C18H21NO3S2/c1-3-22-18(21)14-12-15(13-8-5-4-6-9-13)24-17(14)19-16(20)10-7-11-23-2/h4-6,8-9,12H,3,7,10-11H2,1-2H3,(H,19,20). The zero-order chi connectivity index (χ0) is 17.4. The fourth-order valence-corrected chi connectivity index (χ4v) is 3.66. The Morgan fingerprint density at radius 3 is 2.67 bits per heavy atom. The van der Waals surface area contributed by atoms with Crippen LogP contribution in [-0.4, -0.2) is 30.5 Å². The fourth-order valence-electron chi connectivity index (χ4n) is 2.16. The molecule has 0 aliphatic carbocycles. The summed E-state index contributed by atoms with van der Waals surface area (Å²) in [6, 6.07) is 11.6. The van der Waals surface area contributed by atoms with Crippen LogP contribution in [0, 0.1) is 0 Å².